The van der Waals surface area contributed by atoms with E-state index in [2.05, 4.69) is 63.7 Å². The first-order valence-corrected chi connectivity index (χ1v) is 11.1. The molecule has 0 spiro atoms. The molecule has 7 heteroatoms. The van der Waals surface area contributed by atoms with Crippen molar-refractivity contribution in [3.8, 4) is 34.3 Å². The summed E-state index contributed by atoms with van der Waals surface area (Å²) in [5, 5.41) is 0. The minimum absolute atomic E-state index is 0. The number of anilines is 1. The second-order valence-corrected chi connectivity index (χ2v) is 8.75. The summed E-state index contributed by atoms with van der Waals surface area (Å²) in [5.41, 5.74) is 7.45. The van der Waals surface area contributed by atoms with Crippen LogP contribution in [0.2, 0.25) is 0 Å². The zero-order valence-corrected chi connectivity index (χ0v) is 21.1. The molecule has 0 bridgehead atoms. The van der Waals surface area contributed by atoms with Crippen LogP contribution >= 0.6 is 0 Å². The zero-order chi connectivity index (χ0) is 22.1. The van der Waals surface area contributed by atoms with Gasteiger partial charge in [-0.3, -0.25) is 9.97 Å². The van der Waals surface area contributed by atoms with Crippen molar-refractivity contribution >= 4 is 16.7 Å². The summed E-state index contributed by atoms with van der Waals surface area (Å²) in [4.78, 5) is 11.8. The quantitative estimate of drug-likeness (QED) is 0.252. The Balaban J connectivity index is 0.00000217. The van der Waals surface area contributed by atoms with E-state index < -0.39 is 0 Å². The van der Waals surface area contributed by atoms with Gasteiger partial charge in [0.25, 0.3) is 0 Å². The number of aryl methyl sites for hydroxylation is 3. The van der Waals surface area contributed by atoms with Crippen LogP contribution in [0, 0.1) is 19.1 Å². The maximum atomic E-state index is 6.25. The second-order valence-electron chi connectivity index (χ2n) is 8.75. The Labute approximate surface area is 212 Å². The van der Waals surface area contributed by atoms with Gasteiger partial charge >= 0.3 is 21.1 Å². The summed E-state index contributed by atoms with van der Waals surface area (Å²) in [5.74, 6) is 3.19. The summed E-state index contributed by atoms with van der Waals surface area (Å²) in [7, 11) is 2.09. The number of benzene rings is 3. The molecule has 6 nitrogen and oxygen atoms in total. The van der Waals surface area contributed by atoms with E-state index in [1.807, 2.05) is 31.2 Å². The molecule has 34 heavy (non-hydrogen) atoms. The summed E-state index contributed by atoms with van der Waals surface area (Å²) in [6.45, 7) is 3.73. The number of aromatic nitrogens is 4. The van der Waals surface area contributed by atoms with Gasteiger partial charge in [0.05, 0.1) is 29.4 Å². The van der Waals surface area contributed by atoms with Gasteiger partial charge in [-0.25, -0.2) is 0 Å². The van der Waals surface area contributed by atoms with Crippen LogP contribution in [-0.4, -0.2) is 26.1 Å². The van der Waals surface area contributed by atoms with Crippen LogP contribution in [0.4, 0.5) is 5.69 Å². The molecule has 2 aliphatic rings. The molecule has 0 N–H and O–H groups in total. The summed E-state index contributed by atoms with van der Waals surface area (Å²) >= 11 is 0. The van der Waals surface area contributed by atoms with Crippen molar-refractivity contribution in [2.45, 2.75) is 26.6 Å². The maximum Gasteiger partial charge on any atom is 2.00 e. The number of ether oxygens (including phenoxy) is 1. The Bertz CT molecular complexity index is 1570. The average molecular weight is 627 g/mol. The standard InChI is InChI=1S/C27H21N5O.Pt/c1-17-15-31-12-11-18-7-8-19(13-21(18)26(31)28-17)33-20-9-10-24-22(14-20)27-29-23-5-3-4-6-25(23)32(27)16-30(24)2;/h3-10,15H,11-12,16H2,1-2H3;/q-2;+2. The molecule has 0 atom stereocenters. The van der Waals surface area contributed by atoms with Crippen molar-refractivity contribution in [1.82, 2.24) is 19.1 Å². The van der Waals surface area contributed by atoms with E-state index in [0.29, 0.717) is 11.5 Å². The van der Waals surface area contributed by atoms with Crippen molar-refractivity contribution in [3.63, 3.8) is 0 Å². The van der Waals surface area contributed by atoms with Gasteiger partial charge < -0.3 is 18.8 Å². The monoisotopic (exact) mass is 626 g/mol. The van der Waals surface area contributed by atoms with E-state index in [9.17, 15) is 0 Å². The predicted octanol–water partition coefficient (Wildman–Crippen LogP) is 5.23. The first-order valence-electron chi connectivity index (χ1n) is 11.1. The van der Waals surface area contributed by atoms with Crippen molar-refractivity contribution in [2.75, 3.05) is 11.9 Å². The van der Waals surface area contributed by atoms with Gasteiger partial charge in [0.2, 0.25) is 0 Å². The molecule has 5 aromatic rings. The molecule has 0 radical (unpaired) electrons. The molecule has 0 unspecified atom stereocenters. The topological polar surface area (TPSA) is 48.1 Å². The molecule has 7 rings (SSSR count). The van der Waals surface area contributed by atoms with Crippen LogP contribution in [0.3, 0.4) is 0 Å². The van der Waals surface area contributed by atoms with Crippen molar-refractivity contribution < 1.29 is 25.8 Å². The Morgan fingerprint density at radius 1 is 0.912 bits per heavy atom. The zero-order valence-electron chi connectivity index (χ0n) is 18.8. The molecule has 0 amide bonds. The van der Waals surface area contributed by atoms with Gasteiger partial charge in [0.1, 0.15) is 0 Å². The Hall–Kier alpha value is -3.37. The molecular formula is C27H21N5OPt. The second kappa shape index (κ2) is 7.85. The van der Waals surface area contributed by atoms with Crippen molar-refractivity contribution in [2.24, 2.45) is 0 Å². The van der Waals surface area contributed by atoms with Gasteiger partial charge in [0, 0.05) is 29.9 Å². The van der Waals surface area contributed by atoms with Crippen LogP contribution in [0.15, 0.2) is 54.7 Å². The number of rotatable bonds is 2. The van der Waals surface area contributed by atoms with E-state index in [4.69, 9.17) is 14.7 Å². The molecule has 0 fully saturated rings. The number of hydrogen-bond acceptors (Lipinski definition) is 4. The van der Waals surface area contributed by atoms with Crippen molar-refractivity contribution in [1.29, 1.82) is 0 Å². The molecule has 2 aromatic heterocycles. The van der Waals surface area contributed by atoms with Crippen molar-refractivity contribution in [3.05, 3.63) is 78.1 Å². The minimum atomic E-state index is 0. The SMILES string of the molecule is Cc1cn2c(n1)-c1[c-]c(Oc3[c-]c4c(cc3)N(C)Cn3c-4nc4ccccc43)ccc1CC2.[Pt+2]. The third kappa shape index (κ3) is 3.20. The molecule has 3 aromatic carbocycles. The first kappa shape index (κ1) is 21.2. The average Bonchev–Trinajstić information content (AvgIpc) is 3.39. The maximum absolute atomic E-state index is 6.25. The number of fused-ring (bicyclic) bond motifs is 8. The largest absolute Gasteiger partial charge is 2.00 e. The normalized spacial score (nSPS) is 13.5. The first-order chi connectivity index (χ1) is 16.1. The number of para-hydroxylation sites is 2. The summed E-state index contributed by atoms with van der Waals surface area (Å²) in [6, 6.07) is 23.3. The molecule has 0 saturated carbocycles. The van der Waals surface area contributed by atoms with Crippen LogP contribution in [0.25, 0.3) is 33.8 Å². The molecule has 2 aliphatic heterocycles. The third-order valence-electron chi connectivity index (χ3n) is 6.51. The van der Waals surface area contributed by atoms with E-state index >= 15 is 0 Å². The van der Waals surface area contributed by atoms with Gasteiger partial charge in [-0.1, -0.05) is 35.9 Å². The van der Waals surface area contributed by atoms with Crippen LogP contribution < -0.4 is 9.64 Å². The predicted molar refractivity (Wildman–Crippen MR) is 127 cm³/mol. The smallest absolute Gasteiger partial charge is 0.497 e. The van der Waals surface area contributed by atoms with Crippen LogP contribution in [0.1, 0.15) is 11.3 Å². The number of hydrogen-bond donors (Lipinski definition) is 0. The van der Waals surface area contributed by atoms with E-state index in [1.54, 1.807) is 0 Å². The summed E-state index contributed by atoms with van der Waals surface area (Å²) < 4.78 is 10.7. The van der Waals surface area contributed by atoms with Gasteiger partial charge in [0.15, 0.2) is 0 Å². The van der Waals surface area contributed by atoms with Gasteiger partial charge in [-0.05, 0) is 38.2 Å². The van der Waals surface area contributed by atoms with Crippen LogP contribution in [0.5, 0.6) is 11.5 Å². The third-order valence-corrected chi connectivity index (χ3v) is 6.51. The molecular weight excluding hydrogens is 605 g/mol. The minimum Gasteiger partial charge on any atom is -0.497 e. The summed E-state index contributed by atoms with van der Waals surface area (Å²) in [6.07, 6.45) is 3.07. The van der Waals surface area contributed by atoms with E-state index in [-0.39, 0.29) is 21.1 Å². The molecule has 4 heterocycles. The van der Waals surface area contributed by atoms with Gasteiger partial charge in [-0.15, -0.1) is 29.3 Å². The Morgan fingerprint density at radius 2 is 1.71 bits per heavy atom. The van der Waals surface area contributed by atoms with Gasteiger partial charge in [-0.2, -0.15) is 0 Å². The molecule has 170 valence electrons. The number of imidazole rings is 2. The Kier molecular flexibility index (Phi) is 4.89. The van der Waals surface area contributed by atoms with E-state index in [1.165, 1.54) is 5.56 Å². The fourth-order valence-corrected chi connectivity index (χ4v) is 4.96. The molecule has 0 aliphatic carbocycles. The fourth-order valence-electron chi connectivity index (χ4n) is 4.96. The van der Waals surface area contributed by atoms with Crippen LogP contribution in [-0.2, 0) is 40.7 Å². The Morgan fingerprint density at radius 3 is 2.59 bits per heavy atom. The molecule has 0 saturated heterocycles. The van der Waals surface area contributed by atoms with E-state index in [0.717, 1.165) is 64.8 Å². The fraction of sp³-hybridized carbons (Fsp3) is 0.185. The number of nitrogens with zero attached hydrogens (tertiary/aromatic N) is 5.